The largest absolute Gasteiger partial charge is 0.338 e. The van der Waals surface area contributed by atoms with Gasteiger partial charge in [0.1, 0.15) is 5.56 Å². The number of aromatic amines is 1. The second-order valence-electron chi connectivity index (χ2n) is 6.22. The Hall–Kier alpha value is -1.58. The van der Waals surface area contributed by atoms with Crippen LogP contribution in [0.5, 0.6) is 0 Å². The zero-order chi connectivity index (χ0) is 14.1. The minimum absolute atomic E-state index is 0.0908. The number of likely N-dealkylation sites (tertiary alicyclic amines) is 1. The molecule has 4 nitrogen and oxygen atoms in total. The first kappa shape index (κ1) is 13.4. The molecule has 1 aromatic rings. The summed E-state index contributed by atoms with van der Waals surface area (Å²) in [5, 5.41) is 0. The highest BCUT2D eigenvalue weighted by Gasteiger charge is 2.24. The number of amides is 1. The summed E-state index contributed by atoms with van der Waals surface area (Å²) in [6, 6.07) is 1.85. The van der Waals surface area contributed by atoms with Crippen LogP contribution < -0.4 is 5.56 Å². The van der Waals surface area contributed by atoms with E-state index in [1.54, 1.807) is 0 Å². The molecule has 0 saturated carbocycles. The van der Waals surface area contributed by atoms with Gasteiger partial charge >= 0.3 is 0 Å². The molecule has 3 rings (SSSR count). The maximum absolute atomic E-state index is 12.5. The molecule has 1 saturated heterocycles. The number of nitrogens with one attached hydrogen (secondary N) is 1. The van der Waals surface area contributed by atoms with Crippen LogP contribution in [0.1, 0.15) is 54.2 Å². The highest BCUT2D eigenvalue weighted by atomic mass is 16.2. The second kappa shape index (κ2) is 5.43. The van der Waals surface area contributed by atoms with E-state index in [9.17, 15) is 9.59 Å². The summed E-state index contributed by atoms with van der Waals surface area (Å²) < 4.78 is 0. The Morgan fingerprint density at radius 2 is 2.05 bits per heavy atom. The first-order valence-electron chi connectivity index (χ1n) is 7.69. The number of fused-ring (bicyclic) bond motifs is 1. The summed E-state index contributed by atoms with van der Waals surface area (Å²) in [5.74, 6) is 0.540. The summed E-state index contributed by atoms with van der Waals surface area (Å²) in [5.41, 5.74) is 2.31. The minimum Gasteiger partial charge on any atom is -0.338 e. The first-order valence-corrected chi connectivity index (χ1v) is 7.69. The van der Waals surface area contributed by atoms with Gasteiger partial charge in [0.2, 0.25) is 0 Å². The van der Waals surface area contributed by atoms with Crippen LogP contribution in [0.15, 0.2) is 10.9 Å². The van der Waals surface area contributed by atoms with Crippen molar-refractivity contribution in [3.63, 3.8) is 0 Å². The third-order valence-corrected chi connectivity index (χ3v) is 4.54. The smallest absolute Gasteiger partial charge is 0.261 e. The third kappa shape index (κ3) is 2.51. The number of hydrogen-bond donors (Lipinski definition) is 1. The lowest BCUT2D eigenvalue weighted by Crippen LogP contribution is -2.39. The van der Waals surface area contributed by atoms with E-state index in [2.05, 4.69) is 11.9 Å². The Labute approximate surface area is 119 Å². The van der Waals surface area contributed by atoms with Crippen LogP contribution in [0.4, 0.5) is 0 Å². The number of carbonyl (C=O) groups excluding carboxylic acids is 1. The van der Waals surface area contributed by atoms with Crippen molar-refractivity contribution in [2.75, 3.05) is 13.1 Å². The molecule has 1 N–H and O–H groups in total. The fourth-order valence-electron chi connectivity index (χ4n) is 3.31. The van der Waals surface area contributed by atoms with E-state index in [0.717, 1.165) is 56.5 Å². The number of piperidine rings is 1. The topological polar surface area (TPSA) is 53.2 Å². The van der Waals surface area contributed by atoms with Gasteiger partial charge in [0, 0.05) is 18.8 Å². The number of pyridine rings is 1. The molecular formula is C16H22N2O2. The molecule has 20 heavy (non-hydrogen) atoms. The molecule has 2 aliphatic rings. The third-order valence-electron chi connectivity index (χ3n) is 4.54. The van der Waals surface area contributed by atoms with Crippen LogP contribution in [-0.4, -0.2) is 28.9 Å². The number of rotatable bonds is 1. The summed E-state index contributed by atoms with van der Waals surface area (Å²) in [6.45, 7) is 3.79. The molecule has 0 bridgehead atoms. The number of aryl methyl sites for hydroxylation is 1. The predicted molar refractivity (Wildman–Crippen MR) is 78.0 cm³/mol. The van der Waals surface area contributed by atoms with Crippen molar-refractivity contribution in [1.82, 2.24) is 9.88 Å². The second-order valence-corrected chi connectivity index (χ2v) is 6.22. The zero-order valence-electron chi connectivity index (χ0n) is 12.1. The van der Waals surface area contributed by atoms with Crippen molar-refractivity contribution in [2.24, 2.45) is 5.92 Å². The molecule has 0 radical (unpaired) electrons. The Morgan fingerprint density at radius 3 is 2.80 bits per heavy atom. The van der Waals surface area contributed by atoms with Crippen molar-refractivity contribution in [2.45, 2.75) is 45.4 Å². The van der Waals surface area contributed by atoms with Crippen molar-refractivity contribution >= 4 is 5.91 Å². The van der Waals surface area contributed by atoms with Gasteiger partial charge < -0.3 is 9.88 Å². The lowest BCUT2D eigenvalue weighted by atomic mass is 9.87. The molecule has 2 heterocycles. The molecule has 1 unspecified atom stereocenters. The SMILES string of the molecule is CC1CCc2[nH]c(=O)c(C(=O)N3CCCCC3)cc2C1. The van der Waals surface area contributed by atoms with E-state index in [0.29, 0.717) is 11.5 Å². The lowest BCUT2D eigenvalue weighted by Gasteiger charge is -2.27. The van der Waals surface area contributed by atoms with E-state index in [4.69, 9.17) is 0 Å². The van der Waals surface area contributed by atoms with Gasteiger partial charge in [0.05, 0.1) is 0 Å². The van der Waals surface area contributed by atoms with Gasteiger partial charge in [-0.05, 0) is 56.1 Å². The monoisotopic (exact) mass is 274 g/mol. The van der Waals surface area contributed by atoms with Crippen LogP contribution in [-0.2, 0) is 12.8 Å². The molecular weight excluding hydrogens is 252 g/mol. The van der Waals surface area contributed by atoms with E-state index in [1.165, 1.54) is 6.42 Å². The molecule has 0 spiro atoms. The molecule has 1 aromatic heterocycles. The molecule has 1 aliphatic carbocycles. The number of nitrogens with zero attached hydrogens (tertiary/aromatic N) is 1. The van der Waals surface area contributed by atoms with Crippen LogP contribution in [0.2, 0.25) is 0 Å². The molecule has 1 amide bonds. The normalized spacial score (nSPS) is 22.4. The quantitative estimate of drug-likeness (QED) is 0.853. The number of carbonyl (C=O) groups is 1. The highest BCUT2D eigenvalue weighted by molar-refractivity contribution is 5.94. The maximum Gasteiger partial charge on any atom is 0.261 e. The van der Waals surface area contributed by atoms with Gasteiger partial charge in [-0.2, -0.15) is 0 Å². The summed E-state index contributed by atoms with van der Waals surface area (Å²) in [7, 11) is 0. The van der Waals surface area contributed by atoms with Crippen LogP contribution in [0.3, 0.4) is 0 Å². The molecule has 4 heteroatoms. The number of H-pyrrole nitrogens is 1. The van der Waals surface area contributed by atoms with E-state index < -0.39 is 0 Å². The van der Waals surface area contributed by atoms with Crippen LogP contribution >= 0.6 is 0 Å². The van der Waals surface area contributed by atoms with Crippen LogP contribution in [0, 0.1) is 5.92 Å². The minimum atomic E-state index is -0.214. The van der Waals surface area contributed by atoms with E-state index in [1.807, 2.05) is 11.0 Å². The van der Waals surface area contributed by atoms with Gasteiger partial charge in [0.15, 0.2) is 0 Å². The summed E-state index contributed by atoms with van der Waals surface area (Å²) >= 11 is 0. The number of aromatic nitrogens is 1. The summed E-state index contributed by atoms with van der Waals surface area (Å²) in [4.78, 5) is 29.4. The molecule has 1 aliphatic heterocycles. The van der Waals surface area contributed by atoms with Crippen molar-refractivity contribution in [1.29, 1.82) is 0 Å². The highest BCUT2D eigenvalue weighted by Crippen LogP contribution is 2.23. The van der Waals surface area contributed by atoms with E-state index >= 15 is 0 Å². The summed E-state index contributed by atoms with van der Waals surface area (Å²) in [6.07, 6.45) is 6.28. The van der Waals surface area contributed by atoms with Crippen LogP contribution in [0.25, 0.3) is 0 Å². The average Bonchev–Trinajstić information content (AvgIpc) is 2.47. The molecule has 108 valence electrons. The predicted octanol–water partition coefficient (Wildman–Crippen LogP) is 2.13. The Balaban J connectivity index is 1.91. The fourth-order valence-corrected chi connectivity index (χ4v) is 3.31. The zero-order valence-corrected chi connectivity index (χ0v) is 12.1. The molecule has 1 fully saturated rings. The Morgan fingerprint density at radius 1 is 1.30 bits per heavy atom. The van der Waals surface area contributed by atoms with Crippen molar-refractivity contribution in [3.05, 3.63) is 33.2 Å². The maximum atomic E-state index is 12.5. The lowest BCUT2D eigenvalue weighted by molar-refractivity contribution is 0.0722. The van der Waals surface area contributed by atoms with Crippen molar-refractivity contribution < 1.29 is 4.79 Å². The van der Waals surface area contributed by atoms with Crippen molar-refractivity contribution in [3.8, 4) is 0 Å². The number of hydrogen-bond acceptors (Lipinski definition) is 2. The van der Waals surface area contributed by atoms with Gasteiger partial charge in [-0.3, -0.25) is 9.59 Å². The van der Waals surface area contributed by atoms with E-state index in [-0.39, 0.29) is 11.5 Å². The standard InChI is InChI=1S/C16H22N2O2/c1-11-5-6-14-12(9-11)10-13(15(19)17-14)16(20)18-7-3-2-4-8-18/h10-11H,2-9H2,1H3,(H,17,19). The van der Waals surface area contributed by atoms with Gasteiger partial charge in [-0.15, -0.1) is 0 Å². The molecule has 1 atom stereocenters. The Kier molecular flexibility index (Phi) is 3.64. The van der Waals surface area contributed by atoms with Gasteiger partial charge in [0.25, 0.3) is 11.5 Å². The average molecular weight is 274 g/mol. The molecule has 0 aromatic carbocycles. The Bertz CT molecular complexity index is 570. The fraction of sp³-hybridized carbons (Fsp3) is 0.625. The van der Waals surface area contributed by atoms with Gasteiger partial charge in [-0.1, -0.05) is 6.92 Å². The first-order chi connectivity index (χ1) is 9.65. The van der Waals surface area contributed by atoms with Gasteiger partial charge in [-0.25, -0.2) is 0 Å².